The minimum absolute atomic E-state index is 0.0683. The fourth-order valence-electron chi connectivity index (χ4n) is 3.69. The van der Waals surface area contributed by atoms with E-state index in [4.69, 9.17) is 0 Å². The van der Waals surface area contributed by atoms with Gasteiger partial charge in [-0.2, -0.15) is 18.3 Å². The zero-order valence-corrected chi connectivity index (χ0v) is 18.0. The summed E-state index contributed by atoms with van der Waals surface area (Å²) < 4.78 is 92.2. The summed E-state index contributed by atoms with van der Waals surface area (Å²) in [5, 5.41) is 5.77. The van der Waals surface area contributed by atoms with Gasteiger partial charge in [-0.25, -0.2) is 22.2 Å². The number of carbonyl (C=O) groups excluding carboxylic acids is 1. The van der Waals surface area contributed by atoms with Gasteiger partial charge in [0.05, 0.1) is 5.69 Å². The number of aryl methyl sites for hydroxylation is 1. The lowest BCUT2D eigenvalue weighted by atomic mass is 9.87. The Bertz CT molecular complexity index is 1120. The molecule has 0 spiro atoms. The molecule has 0 bridgehead atoms. The van der Waals surface area contributed by atoms with E-state index in [1.165, 1.54) is 6.07 Å². The number of sulfone groups is 1. The predicted molar refractivity (Wildman–Crippen MR) is 104 cm³/mol. The summed E-state index contributed by atoms with van der Waals surface area (Å²) in [4.78, 5) is 16.5. The van der Waals surface area contributed by atoms with E-state index in [9.17, 15) is 35.2 Å². The molecule has 13 heteroatoms. The molecule has 3 rings (SSSR count). The average molecular weight is 480 g/mol. The number of pyridine rings is 1. The number of carbonyl (C=O) groups is 1. The van der Waals surface area contributed by atoms with Gasteiger partial charge in [0.1, 0.15) is 11.3 Å². The molecule has 0 unspecified atom stereocenters. The molecule has 32 heavy (non-hydrogen) atoms. The molecule has 1 fully saturated rings. The second kappa shape index (κ2) is 8.41. The number of amides is 1. The molecular formula is C19H21F5N4O3S. The quantitative estimate of drug-likeness (QED) is 0.651. The smallest absolute Gasteiger partial charge is 0.320 e. The number of nitrogens with one attached hydrogen (secondary N) is 1. The molecule has 1 aliphatic rings. The largest absolute Gasteiger partial charge is 0.420 e. The third kappa shape index (κ3) is 5.43. The van der Waals surface area contributed by atoms with Crippen molar-refractivity contribution >= 4 is 21.4 Å². The van der Waals surface area contributed by atoms with E-state index in [-0.39, 0.29) is 48.9 Å². The molecule has 2 heterocycles. The first kappa shape index (κ1) is 24.1. The van der Waals surface area contributed by atoms with Gasteiger partial charge in [0.25, 0.3) is 5.91 Å². The molecule has 2 aromatic heterocycles. The van der Waals surface area contributed by atoms with Crippen LogP contribution in [0.25, 0.3) is 0 Å². The van der Waals surface area contributed by atoms with Gasteiger partial charge in [0.2, 0.25) is 5.92 Å². The summed E-state index contributed by atoms with van der Waals surface area (Å²) in [6, 6.07) is 2.26. The van der Waals surface area contributed by atoms with E-state index >= 15 is 0 Å². The average Bonchev–Trinajstić information content (AvgIpc) is 2.99. The van der Waals surface area contributed by atoms with Crippen LogP contribution in [0.3, 0.4) is 0 Å². The number of nitrogens with zero attached hydrogens (tertiary/aromatic N) is 3. The zero-order chi connectivity index (χ0) is 23.9. The molecule has 0 aromatic carbocycles. The molecule has 1 N–H and O–H groups in total. The van der Waals surface area contributed by atoms with E-state index in [0.717, 1.165) is 30.1 Å². The molecule has 1 saturated carbocycles. The van der Waals surface area contributed by atoms with Gasteiger partial charge in [-0.15, -0.1) is 0 Å². The van der Waals surface area contributed by atoms with Crippen LogP contribution in [-0.4, -0.2) is 41.3 Å². The number of alkyl halides is 5. The highest BCUT2D eigenvalue weighted by Crippen LogP contribution is 2.39. The lowest BCUT2D eigenvalue weighted by molar-refractivity contribution is -0.138. The third-order valence-electron chi connectivity index (χ3n) is 5.27. The van der Waals surface area contributed by atoms with E-state index < -0.39 is 44.8 Å². The van der Waals surface area contributed by atoms with Crippen LogP contribution >= 0.6 is 0 Å². The first-order valence-corrected chi connectivity index (χ1v) is 11.6. The van der Waals surface area contributed by atoms with E-state index in [0.29, 0.717) is 0 Å². The number of anilines is 1. The van der Waals surface area contributed by atoms with Gasteiger partial charge >= 0.3 is 6.18 Å². The van der Waals surface area contributed by atoms with Gasteiger partial charge in [-0.1, -0.05) is 0 Å². The Labute approximate surface area is 180 Å². The summed E-state index contributed by atoms with van der Waals surface area (Å²) in [5.41, 5.74) is -2.48. The molecule has 1 aliphatic carbocycles. The fraction of sp³-hybridized carbons (Fsp3) is 0.526. The topological polar surface area (TPSA) is 93.9 Å². The Balaban J connectivity index is 1.94. The van der Waals surface area contributed by atoms with Crippen molar-refractivity contribution in [2.75, 3.05) is 11.6 Å². The van der Waals surface area contributed by atoms with Crippen LogP contribution < -0.4 is 5.32 Å². The van der Waals surface area contributed by atoms with Crippen LogP contribution in [0, 0.1) is 12.8 Å². The van der Waals surface area contributed by atoms with Crippen molar-refractivity contribution in [1.29, 1.82) is 0 Å². The van der Waals surface area contributed by atoms with Crippen LogP contribution in [0.15, 0.2) is 23.4 Å². The number of hydrogen-bond donors (Lipinski definition) is 1. The Morgan fingerprint density at radius 1 is 1.28 bits per heavy atom. The van der Waals surface area contributed by atoms with Gasteiger partial charge < -0.3 is 5.32 Å². The van der Waals surface area contributed by atoms with Gasteiger partial charge in [0.15, 0.2) is 14.9 Å². The maximum Gasteiger partial charge on any atom is 0.420 e. The van der Waals surface area contributed by atoms with Gasteiger partial charge in [0, 0.05) is 37.5 Å². The molecule has 0 aliphatic heterocycles. The highest BCUT2D eigenvalue weighted by Gasteiger charge is 2.42. The standard InChI is InChI=1S/C19H21F5N4O3S/c1-11-15(19(22,23)24)16(28(27-11)10-12-3-6-18(20,21)7-4-12)17(29)26-13-5-8-25-14(9-13)32(2,30)31/h5,8-9,12H,3-4,6-7,10H2,1-2H3,(H,25,26,29). The molecule has 0 atom stereocenters. The second-order valence-corrected chi connectivity index (χ2v) is 9.86. The molecule has 0 saturated heterocycles. The van der Waals surface area contributed by atoms with E-state index in [1.807, 2.05) is 0 Å². The van der Waals surface area contributed by atoms with Crippen molar-refractivity contribution in [2.24, 2.45) is 5.92 Å². The van der Waals surface area contributed by atoms with Gasteiger partial charge in [-0.05, 0) is 37.8 Å². The molecule has 7 nitrogen and oxygen atoms in total. The van der Waals surface area contributed by atoms with Crippen molar-refractivity contribution in [3.63, 3.8) is 0 Å². The summed E-state index contributed by atoms with van der Waals surface area (Å²) in [5.74, 6) is -4.31. The van der Waals surface area contributed by atoms with Crippen molar-refractivity contribution < 1.29 is 35.2 Å². The van der Waals surface area contributed by atoms with E-state index in [1.54, 1.807) is 0 Å². The molecular weight excluding hydrogens is 459 g/mol. The maximum absolute atomic E-state index is 13.7. The number of hydrogen-bond acceptors (Lipinski definition) is 5. The normalized spacial score (nSPS) is 17.3. The maximum atomic E-state index is 13.7. The number of halogens is 5. The molecule has 0 radical (unpaired) electrons. The van der Waals surface area contributed by atoms with Crippen LogP contribution in [-0.2, 0) is 22.6 Å². The molecule has 2 aromatic rings. The van der Waals surface area contributed by atoms with Crippen LogP contribution in [0.1, 0.15) is 47.4 Å². The lowest BCUT2D eigenvalue weighted by Crippen LogP contribution is -2.29. The highest BCUT2D eigenvalue weighted by atomic mass is 32.2. The number of rotatable bonds is 5. The van der Waals surface area contributed by atoms with Crippen molar-refractivity contribution in [1.82, 2.24) is 14.8 Å². The van der Waals surface area contributed by atoms with Gasteiger partial charge in [-0.3, -0.25) is 9.48 Å². The van der Waals surface area contributed by atoms with E-state index in [2.05, 4.69) is 15.4 Å². The third-order valence-corrected chi connectivity index (χ3v) is 6.25. The Morgan fingerprint density at radius 2 is 1.91 bits per heavy atom. The summed E-state index contributed by atoms with van der Waals surface area (Å²) in [6.07, 6.45) is -3.46. The molecule has 1 amide bonds. The van der Waals surface area contributed by atoms with Crippen LogP contribution in [0.2, 0.25) is 0 Å². The Morgan fingerprint density at radius 3 is 2.47 bits per heavy atom. The van der Waals surface area contributed by atoms with Crippen molar-refractivity contribution in [3.05, 3.63) is 35.3 Å². The van der Waals surface area contributed by atoms with Crippen molar-refractivity contribution in [3.8, 4) is 0 Å². The summed E-state index contributed by atoms with van der Waals surface area (Å²) in [6.45, 7) is 0.986. The zero-order valence-electron chi connectivity index (χ0n) is 17.2. The Hall–Kier alpha value is -2.57. The first-order chi connectivity index (χ1) is 14.7. The minimum Gasteiger partial charge on any atom is -0.320 e. The monoisotopic (exact) mass is 480 g/mol. The Kier molecular flexibility index (Phi) is 6.33. The fourth-order valence-corrected chi connectivity index (χ4v) is 4.28. The van der Waals surface area contributed by atoms with Crippen molar-refractivity contribution in [2.45, 2.75) is 56.3 Å². The predicted octanol–water partition coefficient (Wildman–Crippen LogP) is 4.09. The van der Waals surface area contributed by atoms with Crippen LogP contribution in [0.5, 0.6) is 0 Å². The number of aromatic nitrogens is 3. The SMILES string of the molecule is Cc1nn(CC2CCC(F)(F)CC2)c(C(=O)Nc2ccnc(S(C)(=O)=O)c2)c1C(F)(F)F. The minimum atomic E-state index is -4.88. The summed E-state index contributed by atoms with van der Waals surface area (Å²) in [7, 11) is -3.71. The van der Waals surface area contributed by atoms with Crippen LogP contribution in [0.4, 0.5) is 27.6 Å². The second-order valence-electron chi connectivity index (χ2n) is 7.90. The summed E-state index contributed by atoms with van der Waals surface area (Å²) >= 11 is 0. The highest BCUT2D eigenvalue weighted by molar-refractivity contribution is 7.90. The molecule has 176 valence electrons. The lowest BCUT2D eigenvalue weighted by Gasteiger charge is -2.28. The first-order valence-electron chi connectivity index (χ1n) is 9.67.